The fourth-order valence-electron chi connectivity index (χ4n) is 4.97. The van der Waals surface area contributed by atoms with Crippen molar-refractivity contribution >= 4 is 53.3 Å². The molecule has 1 aromatic rings. The Morgan fingerprint density at radius 3 is 1.55 bits per heavy atom. The van der Waals surface area contributed by atoms with Gasteiger partial charge in [-0.2, -0.15) is 0 Å². The highest BCUT2D eigenvalue weighted by Crippen LogP contribution is 2.07. The number of nitrogens with one attached hydrogen (secondary N) is 7. The summed E-state index contributed by atoms with van der Waals surface area (Å²) in [4.78, 5) is 105. The summed E-state index contributed by atoms with van der Waals surface area (Å²) in [5.41, 5.74) is 17.0. The van der Waals surface area contributed by atoms with Gasteiger partial charge in [0.2, 0.25) is 41.4 Å². The molecule has 20 heteroatoms. The van der Waals surface area contributed by atoms with Crippen LogP contribution < -0.4 is 54.4 Å². The first-order chi connectivity index (χ1) is 25.9. The lowest BCUT2D eigenvalue weighted by atomic mass is 10.0. The molecular weight excluding hydrogens is 718 g/mol. The summed E-state index contributed by atoms with van der Waals surface area (Å²) < 4.78 is 0. The van der Waals surface area contributed by atoms with Gasteiger partial charge in [0.25, 0.3) is 0 Å². The Labute approximate surface area is 320 Å². The molecule has 7 amide bonds. The van der Waals surface area contributed by atoms with Crippen LogP contribution in [0.3, 0.4) is 0 Å². The molecule has 0 aliphatic heterocycles. The fraction of sp³-hybridized carbons (Fsp3) is 0.571. The van der Waals surface area contributed by atoms with Gasteiger partial charge in [0.05, 0.1) is 0 Å². The number of carboxylic acid groups (broad SMARTS) is 1. The number of nitrogens with zero attached hydrogens (tertiary/aromatic N) is 1. The number of aliphatic carboxylic acids is 1. The first kappa shape index (κ1) is 47.2. The zero-order valence-corrected chi connectivity index (χ0v) is 32.0. The number of hydrogen-bond donors (Lipinski definition) is 11. The summed E-state index contributed by atoms with van der Waals surface area (Å²) in [7, 11) is 0. The van der Waals surface area contributed by atoms with E-state index in [1.807, 2.05) is 0 Å². The Hall–Kier alpha value is -5.79. The molecule has 0 aliphatic rings. The van der Waals surface area contributed by atoms with E-state index in [2.05, 4.69) is 42.2 Å². The topological polar surface area (TPSA) is 331 Å². The highest BCUT2D eigenvalue weighted by Gasteiger charge is 2.31. The molecule has 55 heavy (non-hydrogen) atoms. The second-order valence-electron chi connectivity index (χ2n) is 13.1. The van der Waals surface area contributed by atoms with Gasteiger partial charge in [-0.1, -0.05) is 30.3 Å². The second-order valence-corrected chi connectivity index (χ2v) is 13.1. The molecule has 7 atom stereocenters. The molecule has 0 aromatic heterocycles. The zero-order chi connectivity index (χ0) is 41.7. The van der Waals surface area contributed by atoms with Gasteiger partial charge in [0.1, 0.15) is 42.3 Å². The van der Waals surface area contributed by atoms with Crippen LogP contribution in [0.25, 0.3) is 0 Å². The second kappa shape index (κ2) is 24.5. The zero-order valence-electron chi connectivity index (χ0n) is 32.0. The first-order valence-electron chi connectivity index (χ1n) is 18.0. The van der Waals surface area contributed by atoms with Crippen LogP contribution in [0.4, 0.5) is 0 Å². The van der Waals surface area contributed by atoms with Gasteiger partial charge in [-0.05, 0) is 71.9 Å². The maximum Gasteiger partial charge on any atom is 0.325 e. The minimum Gasteiger partial charge on any atom is -0.480 e. The number of benzene rings is 1. The number of amides is 7. The summed E-state index contributed by atoms with van der Waals surface area (Å²) in [6, 6.07) is 0.767. The van der Waals surface area contributed by atoms with Gasteiger partial charge in [-0.15, -0.1) is 0 Å². The molecule has 0 unspecified atom stereocenters. The van der Waals surface area contributed by atoms with Crippen molar-refractivity contribution < 1.29 is 43.5 Å². The molecule has 306 valence electrons. The van der Waals surface area contributed by atoms with E-state index in [1.54, 1.807) is 30.3 Å². The lowest BCUT2D eigenvalue weighted by molar-refractivity contribution is -0.141. The number of unbranched alkanes of at least 4 members (excludes halogenated alkanes) is 1. The van der Waals surface area contributed by atoms with Crippen molar-refractivity contribution in [2.75, 3.05) is 13.1 Å². The van der Waals surface area contributed by atoms with Crippen molar-refractivity contribution in [2.24, 2.45) is 22.2 Å². The molecule has 0 aliphatic carbocycles. The van der Waals surface area contributed by atoms with Crippen molar-refractivity contribution in [3.8, 4) is 0 Å². The van der Waals surface area contributed by atoms with Gasteiger partial charge in [0.15, 0.2) is 5.96 Å². The van der Waals surface area contributed by atoms with Crippen LogP contribution in [0, 0.1) is 0 Å². The van der Waals surface area contributed by atoms with E-state index in [4.69, 9.17) is 22.3 Å². The van der Waals surface area contributed by atoms with E-state index in [9.17, 15) is 38.4 Å². The van der Waals surface area contributed by atoms with Crippen LogP contribution in [-0.4, -0.2) is 114 Å². The molecule has 0 fully saturated rings. The van der Waals surface area contributed by atoms with E-state index in [-0.39, 0.29) is 31.8 Å². The third-order valence-corrected chi connectivity index (χ3v) is 8.12. The van der Waals surface area contributed by atoms with Crippen LogP contribution in [-0.2, 0) is 44.8 Å². The van der Waals surface area contributed by atoms with Crippen molar-refractivity contribution in [1.29, 1.82) is 0 Å². The van der Waals surface area contributed by atoms with E-state index in [1.165, 1.54) is 34.6 Å². The number of hydrogen-bond acceptors (Lipinski definition) is 10. The molecular formula is C35H57N11O9. The number of carboxylic acids is 1. The van der Waals surface area contributed by atoms with E-state index < -0.39 is 89.6 Å². The minimum atomic E-state index is -1.26. The van der Waals surface area contributed by atoms with Crippen molar-refractivity contribution in [3.05, 3.63) is 35.9 Å². The van der Waals surface area contributed by atoms with Crippen LogP contribution in [0.2, 0.25) is 0 Å². The maximum atomic E-state index is 13.5. The van der Waals surface area contributed by atoms with Crippen molar-refractivity contribution in [3.63, 3.8) is 0 Å². The predicted molar refractivity (Wildman–Crippen MR) is 202 cm³/mol. The molecule has 0 radical (unpaired) electrons. The Morgan fingerprint density at radius 1 is 0.600 bits per heavy atom. The van der Waals surface area contributed by atoms with Crippen LogP contribution >= 0.6 is 0 Å². The molecule has 1 aromatic carbocycles. The molecule has 1 rings (SSSR count). The Morgan fingerprint density at radius 2 is 1.04 bits per heavy atom. The SMILES string of the molecule is CC(=O)N[C@@H](CCCN=C(N)N)C(=O)N[C@@H](Cc1ccccc1)C(=O)N[C@@H](C)C(=O)N[C@@H](C)C(=O)N[C@@H](CCCCN)C(=O)N[C@@H](C)C(=O)N[C@@H](C)C(=O)O. The average molecular weight is 776 g/mol. The molecule has 0 saturated carbocycles. The van der Waals surface area contributed by atoms with Crippen molar-refractivity contribution in [2.45, 2.75) is 115 Å². The van der Waals surface area contributed by atoms with Crippen LogP contribution in [0.1, 0.15) is 72.3 Å². The number of rotatable bonds is 24. The summed E-state index contributed by atoms with van der Waals surface area (Å²) >= 11 is 0. The van der Waals surface area contributed by atoms with Gasteiger partial charge in [-0.3, -0.25) is 43.3 Å². The maximum absolute atomic E-state index is 13.5. The monoisotopic (exact) mass is 775 g/mol. The molecule has 14 N–H and O–H groups in total. The average Bonchev–Trinajstić information content (AvgIpc) is 3.11. The molecule has 0 bridgehead atoms. The minimum absolute atomic E-state index is 0.0405. The Bertz CT molecular complexity index is 1510. The smallest absolute Gasteiger partial charge is 0.325 e. The fourth-order valence-corrected chi connectivity index (χ4v) is 4.97. The number of aliphatic imine (C=N–C) groups is 1. The van der Waals surface area contributed by atoms with Gasteiger partial charge in [-0.25, -0.2) is 0 Å². The number of carbonyl (C=O) groups excluding carboxylic acids is 7. The predicted octanol–water partition coefficient (Wildman–Crippen LogP) is -3.01. The number of carbonyl (C=O) groups is 8. The highest BCUT2D eigenvalue weighted by molar-refractivity contribution is 5.97. The largest absolute Gasteiger partial charge is 0.480 e. The van der Waals surface area contributed by atoms with Crippen LogP contribution in [0.5, 0.6) is 0 Å². The standard InChI is InChI=1S/C35H57N11O9/c1-19(28(48)40-21(3)30(50)45-26(14-9-10-16-36)31(51)41-20(2)29(49)43-22(4)34(54)55)42-33(53)27(18-24-12-7-6-8-13-24)46-32(52)25(44-23(5)47)15-11-17-39-35(37)38/h6-8,12-13,19-22,25-27H,9-11,14-18,36H2,1-5H3,(H,40,48)(H,41,51)(H,42,53)(H,43,49)(H,44,47)(H,45,50)(H,46,52)(H,54,55)(H4,37,38,39)/t19-,20-,21-,22-,25-,26-,27-/m0/s1. The third-order valence-electron chi connectivity index (χ3n) is 8.12. The first-order valence-corrected chi connectivity index (χ1v) is 18.0. The normalized spacial score (nSPS) is 14.5. The summed E-state index contributed by atoms with van der Waals surface area (Å²) in [5, 5.41) is 26.6. The summed E-state index contributed by atoms with van der Waals surface area (Å²) in [6.45, 7) is 7.15. The molecule has 0 saturated heterocycles. The quantitative estimate of drug-likeness (QED) is 0.0284. The van der Waals surface area contributed by atoms with Gasteiger partial charge < -0.3 is 59.5 Å². The molecule has 0 heterocycles. The van der Waals surface area contributed by atoms with Gasteiger partial charge in [0, 0.05) is 19.9 Å². The third kappa shape index (κ3) is 18.7. The van der Waals surface area contributed by atoms with E-state index >= 15 is 0 Å². The van der Waals surface area contributed by atoms with Crippen molar-refractivity contribution in [1.82, 2.24) is 37.2 Å². The Kier molecular flexibility index (Phi) is 21.0. The Balaban J connectivity index is 3.01. The van der Waals surface area contributed by atoms with Crippen LogP contribution in [0.15, 0.2) is 35.3 Å². The highest BCUT2D eigenvalue weighted by atomic mass is 16.4. The van der Waals surface area contributed by atoms with E-state index in [0.29, 0.717) is 31.4 Å². The van der Waals surface area contributed by atoms with Gasteiger partial charge >= 0.3 is 5.97 Å². The molecule has 0 spiro atoms. The number of guanidine groups is 1. The molecule has 20 nitrogen and oxygen atoms in total. The van der Waals surface area contributed by atoms with E-state index in [0.717, 1.165) is 0 Å². The number of nitrogens with two attached hydrogens (primary N) is 3. The summed E-state index contributed by atoms with van der Waals surface area (Å²) in [5.74, 6) is -6.17. The lowest BCUT2D eigenvalue weighted by Gasteiger charge is -2.25. The lowest BCUT2D eigenvalue weighted by Crippen LogP contribution is -2.59. The summed E-state index contributed by atoms with van der Waals surface area (Å²) in [6.07, 6.45) is 1.68.